The maximum absolute atomic E-state index is 12.8. The molecule has 1 unspecified atom stereocenters. The highest BCUT2D eigenvalue weighted by Crippen LogP contribution is 2.18. The molecular weight excluding hydrogens is 328 g/mol. The van der Waals surface area contributed by atoms with Crippen LogP contribution in [0.1, 0.15) is 60.7 Å². The van der Waals surface area contributed by atoms with E-state index in [0.29, 0.717) is 23.6 Å². The summed E-state index contributed by atoms with van der Waals surface area (Å²) in [6.07, 6.45) is 0.261. The van der Waals surface area contributed by atoms with E-state index in [-0.39, 0.29) is 30.3 Å². The number of aryl methyl sites for hydroxylation is 2. The topological polar surface area (TPSA) is 62.6 Å². The second-order valence-corrected chi connectivity index (χ2v) is 6.87. The van der Waals surface area contributed by atoms with Crippen LogP contribution >= 0.6 is 0 Å². The molecule has 0 radical (unpaired) electrons. The Hall–Kier alpha value is -2.56. The van der Waals surface area contributed by atoms with E-state index in [1.165, 1.54) is 0 Å². The zero-order valence-corrected chi connectivity index (χ0v) is 16.2. The monoisotopic (exact) mass is 356 g/mol. The van der Waals surface area contributed by atoms with Gasteiger partial charge in [0.2, 0.25) is 5.91 Å². The first-order chi connectivity index (χ1) is 12.3. The molecule has 0 saturated heterocycles. The largest absolute Gasteiger partial charge is 0.466 e. The summed E-state index contributed by atoms with van der Waals surface area (Å²) >= 11 is 0. The third-order valence-corrected chi connectivity index (χ3v) is 4.41. The van der Waals surface area contributed by atoms with Gasteiger partial charge in [-0.05, 0) is 46.2 Å². The Morgan fingerprint density at radius 2 is 1.77 bits per heavy atom. The van der Waals surface area contributed by atoms with Gasteiger partial charge in [0.05, 0.1) is 11.6 Å². The number of amides is 2. The summed E-state index contributed by atoms with van der Waals surface area (Å²) in [6, 6.07) is 11.5. The van der Waals surface area contributed by atoms with Crippen molar-refractivity contribution in [2.75, 3.05) is 6.54 Å². The minimum absolute atomic E-state index is 0.00328. The quantitative estimate of drug-likeness (QED) is 0.815. The molecule has 0 saturated carbocycles. The van der Waals surface area contributed by atoms with E-state index in [1.807, 2.05) is 58.0 Å². The molecule has 140 valence electrons. The predicted octanol–water partition coefficient (Wildman–Crippen LogP) is 4.01. The standard InChI is InChI=1S/C21H28N2O3/c1-14(2)23(21(25)19-13-15(3)26-17(19)5)12-11-20(24)22-16(4)18-9-7-6-8-10-18/h6-10,13-14,16H,11-12H2,1-5H3,(H,22,24). The molecule has 0 fully saturated rings. The lowest BCUT2D eigenvalue weighted by atomic mass is 10.1. The van der Waals surface area contributed by atoms with Crippen LogP contribution in [0.15, 0.2) is 40.8 Å². The number of hydrogen-bond acceptors (Lipinski definition) is 3. The highest BCUT2D eigenvalue weighted by molar-refractivity contribution is 5.95. The molecule has 0 bridgehead atoms. The molecule has 1 aromatic heterocycles. The summed E-state index contributed by atoms with van der Waals surface area (Å²) < 4.78 is 5.47. The van der Waals surface area contributed by atoms with E-state index in [2.05, 4.69) is 5.32 Å². The van der Waals surface area contributed by atoms with Crippen molar-refractivity contribution < 1.29 is 14.0 Å². The number of benzene rings is 1. The first kappa shape index (κ1) is 19.8. The van der Waals surface area contributed by atoms with Gasteiger partial charge in [0.25, 0.3) is 5.91 Å². The summed E-state index contributed by atoms with van der Waals surface area (Å²) in [7, 11) is 0. The zero-order chi connectivity index (χ0) is 19.3. The summed E-state index contributed by atoms with van der Waals surface area (Å²) in [5, 5.41) is 2.99. The number of furan rings is 1. The molecule has 0 spiro atoms. The number of nitrogens with zero attached hydrogens (tertiary/aromatic N) is 1. The summed E-state index contributed by atoms with van der Waals surface area (Å²) in [5.41, 5.74) is 1.62. The van der Waals surface area contributed by atoms with Crippen LogP contribution in [-0.2, 0) is 4.79 Å². The van der Waals surface area contributed by atoms with Gasteiger partial charge in [0, 0.05) is 19.0 Å². The summed E-state index contributed by atoms with van der Waals surface area (Å²) in [4.78, 5) is 26.8. The maximum atomic E-state index is 12.8. The Morgan fingerprint density at radius 1 is 1.12 bits per heavy atom. The van der Waals surface area contributed by atoms with Gasteiger partial charge in [0.1, 0.15) is 11.5 Å². The van der Waals surface area contributed by atoms with Gasteiger partial charge < -0.3 is 14.6 Å². The molecule has 2 aromatic rings. The van der Waals surface area contributed by atoms with Crippen molar-refractivity contribution in [3.05, 3.63) is 59.0 Å². The second-order valence-electron chi connectivity index (χ2n) is 6.87. The lowest BCUT2D eigenvalue weighted by Gasteiger charge is -2.26. The Labute approximate surface area is 155 Å². The summed E-state index contributed by atoms with van der Waals surface area (Å²) in [6.45, 7) is 9.83. The smallest absolute Gasteiger partial charge is 0.257 e. The SMILES string of the molecule is Cc1cc(C(=O)N(CCC(=O)NC(C)c2ccccc2)C(C)C)c(C)o1. The zero-order valence-electron chi connectivity index (χ0n) is 16.2. The van der Waals surface area contributed by atoms with E-state index in [1.54, 1.807) is 17.9 Å². The van der Waals surface area contributed by atoms with Crippen LogP contribution in [-0.4, -0.2) is 29.3 Å². The third-order valence-electron chi connectivity index (χ3n) is 4.41. The van der Waals surface area contributed by atoms with Crippen molar-refractivity contribution in [1.29, 1.82) is 0 Å². The van der Waals surface area contributed by atoms with Crippen molar-refractivity contribution in [3.8, 4) is 0 Å². The predicted molar refractivity (Wildman–Crippen MR) is 102 cm³/mol. The number of hydrogen-bond donors (Lipinski definition) is 1. The molecule has 2 rings (SSSR count). The highest BCUT2D eigenvalue weighted by atomic mass is 16.3. The number of nitrogens with one attached hydrogen (secondary N) is 1. The first-order valence-electron chi connectivity index (χ1n) is 9.02. The maximum Gasteiger partial charge on any atom is 0.257 e. The van der Waals surface area contributed by atoms with Gasteiger partial charge in [-0.1, -0.05) is 30.3 Å². The molecule has 0 aliphatic carbocycles. The Balaban J connectivity index is 1.97. The van der Waals surface area contributed by atoms with E-state index in [9.17, 15) is 9.59 Å². The summed E-state index contributed by atoms with van der Waals surface area (Å²) in [5.74, 6) is 1.16. The van der Waals surface area contributed by atoms with Gasteiger partial charge in [-0.2, -0.15) is 0 Å². The molecule has 0 aliphatic rings. The van der Waals surface area contributed by atoms with Gasteiger partial charge in [-0.3, -0.25) is 9.59 Å². The molecule has 1 atom stereocenters. The molecule has 1 aromatic carbocycles. The molecule has 5 nitrogen and oxygen atoms in total. The fourth-order valence-corrected chi connectivity index (χ4v) is 2.95. The van der Waals surface area contributed by atoms with Crippen LogP contribution in [0.4, 0.5) is 0 Å². The van der Waals surface area contributed by atoms with Crippen LogP contribution in [0.3, 0.4) is 0 Å². The van der Waals surface area contributed by atoms with Crippen LogP contribution in [0.5, 0.6) is 0 Å². The molecule has 26 heavy (non-hydrogen) atoms. The van der Waals surface area contributed by atoms with Crippen LogP contribution in [0, 0.1) is 13.8 Å². The number of carbonyl (C=O) groups excluding carboxylic acids is 2. The number of rotatable bonds is 7. The van der Waals surface area contributed by atoms with E-state index >= 15 is 0 Å². The first-order valence-corrected chi connectivity index (χ1v) is 9.02. The Morgan fingerprint density at radius 3 is 2.31 bits per heavy atom. The van der Waals surface area contributed by atoms with Crippen molar-refractivity contribution in [2.45, 2.75) is 53.1 Å². The normalized spacial score (nSPS) is 12.1. The molecule has 1 N–H and O–H groups in total. The van der Waals surface area contributed by atoms with Crippen molar-refractivity contribution in [1.82, 2.24) is 10.2 Å². The number of carbonyl (C=O) groups is 2. The molecule has 0 aliphatic heterocycles. The van der Waals surface area contributed by atoms with Crippen molar-refractivity contribution in [3.63, 3.8) is 0 Å². The minimum atomic E-state index is -0.0988. The van der Waals surface area contributed by atoms with Crippen LogP contribution in [0.25, 0.3) is 0 Å². The molecule has 2 amide bonds. The lowest BCUT2D eigenvalue weighted by Crippen LogP contribution is -2.40. The van der Waals surface area contributed by atoms with Gasteiger partial charge in [-0.25, -0.2) is 0 Å². The van der Waals surface area contributed by atoms with Crippen LogP contribution in [0.2, 0.25) is 0 Å². The van der Waals surface area contributed by atoms with E-state index in [4.69, 9.17) is 4.42 Å². The molecule has 5 heteroatoms. The van der Waals surface area contributed by atoms with Crippen LogP contribution < -0.4 is 5.32 Å². The molecular formula is C21H28N2O3. The average molecular weight is 356 g/mol. The fourth-order valence-electron chi connectivity index (χ4n) is 2.95. The Kier molecular flexibility index (Phi) is 6.61. The highest BCUT2D eigenvalue weighted by Gasteiger charge is 2.23. The van der Waals surface area contributed by atoms with Gasteiger partial charge in [0.15, 0.2) is 0 Å². The Bertz CT molecular complexity index is 750. The second kappa shape index (κ2) is 8.70. The third kappa shape index (κ3) is 4.97. The average Bonchev–Trinajstić information content (AvgIpc) is 2.93. The van der Waals surface area contributed by atoms with Gasteiger partial charge >= 0.3 is 0 Å². The van der Waals surface area contributed by atoms with Crippen molar-refractivity contribution >= 4 is 11.8 Å². The minimum Gasteiger partial charge on any atom is -0.466 e. The van der Waals surface area contributed by atoms with Gasteiger partial charge in [-0.15, -0.1) is 0 Å². The van der Waals surface area contributed by atoms with Crippen molar-refractivity contribution in [2.24, 2.45) is 0 Å². The fraction of sp³-hybridized carbons (Fsp3) is 0.429. The van der Waals surface area contributed by atoms with E-state index < -0.39 is 0 Å². The molecule has 1 heterocycles. The van der Waals surface area contributed by atoms with E-state index in [0.717, 1.165) is 5.56 Å². The lowest BCUT2D eigenvalue weighted by molar-refractivity contribution is -0.122.